The highest BCUT2D eigenvalue weighted by Gasteiger charge is 2.41. The first kappa shape index (κ1) is 13.1. The highest BCUT2D eigenvalue weighted by Crippen LogP contribution is 2.43. The second-order valence-corrected chi connectivity index (χ2v) is 6.24. The predicted molar refractivity (Wildman–Crippen MR) is 78.2 cm³/mol. The Morgan fingerprint density at radius 2 is 1.95 bits per heavy atom. The van der Waals surface area contributed by atoms with Crippen molar-refractivity contribution in [2.45, 2.75) is 57.1 Å². The molecule has 1 saturated carbocycles. The summed E-state index contributed by atoms with van der Waals surface area (Å²) in [4.78, 5) is 2.47. The van der Waals surface area contributed by atoms with Gasteiger partial charge < -0.3 is 5.11 Å². The lowest BCUT2D eigenvalue weighted by atomic mass is 9.70. The molecule has 104 valence electrons. The number of benzene rings is 1. The molecule has 0 spiro atoms. The van der Waals surface area contributed by atoms with E-state index in [0.29, 0.717) is 5.92 Å². The van der Waals surface area contributed by atoms with E-state index >= 15 is 0 Å². The highest BCUT2D eigenvalue weighted by molar-refractivity contribution is 5.35. The summed E-state index contributed by atoms with van der Waals surface area (Å²) in [6.45, 7) is 5.35. The number of hydrogen-bond donors (Lipinski definition) is 1. The first-order chi connectivity index (χ1) is 9.23. The first-order valence-electron chi connectivity index (χ1n) is 7.75. The van der Waals surface area contributed by atoms with Gasteiger partial charge in [0.05, 0.1) is 5.60 Å². The molecule has 2 heteroatoms. The van der Waals surface area contributed by atoms with Gasteiger partial charge in [0.25, 0.3) is 0 Å². The van der Waals surface area contributed by atoms with E-state index in [1.165, 1.54) is 30.4 Å². The van der Waals surface area contributed by atoms with Crippen molar-refractivity contribution < 1.29 is 5.11 Å². The number of likely N-dealkylation sites (N-methyl/N-ethyl adjacent to an activating group) is 1. The molecular weight excluding hydrogens is 234 g/mol. The Morgan fingerprint density at radius 3 is 2.68 bits per heavy atom. The smallest absolute Gasteiger partial charge is 0.0728 e. The Bertz CT molecular complexity index is 437. The summed E-state index contributed by atoms with van der Waals surface area (Å²) in [5, 5.41) is 11.1. The summed E-state index contributed by atoms with van der Waals surface area (Å²) in [6, 6.07) is 8.72. The van der Waals surface area contributed by atoms with Crippen LogP contribution in [0.4, 0.5) is 0 Å². The molecule has 1 heterocycles. The lowest BCUT2D eigenvalue weighted by molar-refractivity contribution is -0.0351. The molecule has 1 fully saturated rings. The average molecular weight is 259 g/mol. The minimum atomic E-state index is -0.470. The molecule has 0 amide bonds. The van der Waals surface area contributed by atoms with Gasteiger partial charge in [-0.3, -0.25) is 4.90 Å². The fraction of sp³-hybridized carbons (Fsp3) is 0.647. The van der Waals surface area contributed by atoms with Crippen molar-refractivity contribution in [2.24, 2.45) is 0 Å². The van der Waals surface area contributed by atoms with Gasteiger partial charge in [0.2, 0.25) is 0 Å². The van der Waals surface area contributed by atoms with Gasteiger partial charge in [0.1, 0.15) is 0 Å². The molecule has 2 nitrogen and oxygen atoms in total. The average Bonchev–Trinajstić information content (AvgIpc) is 2.46. The molecule has 1 aliphatic heterocycles. The topological polar surface area (TPSA) is 23.5 Å². The van der Waals surface area contributed by atoms with E-state index in [1.54, 1.807) is 0 Å². The molecule has 1 N–H and O–H groups in total. The number of hydrogen-bond acceptors (Lipinski definition) is 2. The lowest BCUT2D eigenvalue weighted by Crippen LogP contribution is -2.47. The van der Waals surface area contributed by atoms with Crippen LogP contribution in [0.25, 0.3) is 0 Å². The standard InChI is InChI=1S/C17H25NO/c1-2-18-12-14-8-4-5-9-15(14)16(13-18)17(19)10-6-3-7-11-17/h4-5,8-9,16,19H,2-3,6-7,10-13H2,1H3. The van der Waals surface area contributed by atoms with Crippen molar-refractivity contribution in [1.82, 2.24) is 4.90 Å². The second-order valence-electron chi connectivity index (χ2n) is 6.24. The van der Waals surface area contributed by atoms with Crippen molar-refractivity contribution in [1.29, 1.82) is 0 Å². The van der Waals surface area contributed by atoms with Crippen molar-refractivity contribution in [3.05, 3.63) is 35.4 Å². The Labute approximate surface area is 116 Å². The molecule has 1 aromatic carbocycles. The molecule has 0 bridgehead atoms. The largest absolute Gasteiger partial charge is 0.389 e. The summed E-state index contributed by atoms with van der Waals surface area (Å²) >= 11 is 0. The van der Waals surface area contributed by atoms with Crippen LogP contribution in [0.15, 0.2) is 24.3 Å². The normalized spacial score (nSPS) is 26.9. The monoisotopic (exact) mass is 259 g/mol. The molecule has 3 rings (SSSR count). The summed E-state index contributed by atoms with van der Waals surface area (Å²) in [7, 11) is 0. The Balaban J connectivity index is 1.95. The molecule has 1 atom stereocenters. The number of nitrogens with zero attached hydrogens (tertiary/aromatic N) is 1. The van der Waals surface area contributed by atoms with Crippen molar-refractivity contribution >= 4 is 0 Å². The summed E-state index contributed by atoms with van der Waals surface area (Å²) < 4.78 is 0. The van der Waals surface area contributed by atoms with Crippen LogP contribution in [-0.2, 0) is 6.54 Å². The summed E-state index contributed by atoms with van der Waals surface area (Å²) in [5.41, 5.74) is 2.35. The molecule has 19 heavy (non-hydrogen) atoms. The van der Waals surface area contributed by atoms with Crippen molar-refractivity contribution in [3.8, 4) is 0 Å². The van der Waals surface area contributed by atoms with E-state index < -0.39 is 5.60 Å². The van der Waals surface area contributed by atoms with Gasteiger partial charge in [-0.1, -0.05) is 50.5 Å². The van der Waals surface area contributed by atoms with Gasteiger partial charge in [-0.15, -0.1) is 0 Å². The van der Waals surface area contributed by atoms with Crippen LogP contribution >= 0.6 is 0 Å². The van der Waals surface area contributed by atoms with Crippen LogP contribution in [-0.4, -0.2) is 28.7 Å². The number of aliphatic hydroxyl groups is 1. The third kappa shape index (κ3) is 2.44. The van der Waals surface area contributed by atoms with E-state index in [2.05, 4.69) is 36.1 Å². The van der Waals surface area contributed by atoms with E-state index in [0.717, 1.165) is 32.5 Å². The van der Waals surface area contributed by atoms with E-state index in [-0.39, 0.29) is 0 Å². The summed E-state index contributed by atoms with van der Waals surface area (Å²) in [6.07, 6.45) is 5.60. The molecule has 0 radical (unpaired) electrons. The van der Waals surface area contributed by atoms with Gasteiger partial charge in [-0.25, -0.2) is 0 Å². The first-order valence-corrected chi connectivity index (χ1v) is 7.75. The molecule has 0 saturated heterocycles. The maximum atomic E-state index is 11.1. The maximum absolute atomic E-state index is 11.1. The molecule has 0 aromatic heterocycles. The fourth-order valence-electron chi connectivity index (χ4n) is 3.89. The van der Waals surface area contributed by atoms with Crippen LogP contribution in [0, 0.1) is 0 Å². The third-order valence-corrected chi connectivity index (χ3v) is 5.08. The fourth-order valence-corrected chi connectivity index (χ4v) is 3.89. The quantitative estimate of drug-likeness (QED) is 0.881. The van der Waals surface area contributed by atoms with Gasteiger partial charge in [-0.2, -0.15) is 0 Å². The summed E-state index contributed by atoms with van der Waals surface area (Å²) in [5.74, 6) is 0.303. The van der Waals surface area contributed by atoms with Gasteiger partial charge in [0.15, 0.2) is 0 Å². The SMILES string of the molecule is CCN1Cc2ccccc2C(C2(O)CCCCC2)C1. The lowest BCUT2D eigenvalue weighted by Gasteiger charge is -2.45. The van der Waals surface area contributed by atoms with Crippen LogP contribution < -0.4 is 0 Å². The van der Waals surface area contributed by atoms with E-state index in [4.69, 9.17) is 0 Å². The molecule has 1 aromatic rings. The van der Waals surface area contributed by atoms with Gasteiger partial charge in [0, 0.05) is 19.0 Å². The minimum Gasteiger partial charge on any atom is -0.389 e. The zero-order valence-corrected chi connectivity index (χ0v) is 11.9. The molecule has 2 aliphatic rings. The van der Waals surface area contributed by atoms with Crippen LogP contribution in [0.5, 0.6) is 0 Å². The second kappa shape index (κ2) is 5.26. The van der Waals surface area contributed by atoms with Crippen LogP contribution in [0.3, 0.4) is 0 Å². The predicted octanol–water partition coefficient (Wildman–Crippen LogP) is 3.30. The molecule has 1 aliphatic carbocycles. The minimum absolute atomic E-state index is 0.303. The van der Waals surface area contributed by atoms with Crippen molar-refractivity contribution in [3.63, 3.8) is 0 Å². The third-order valence-electron chi connectivity index (χ3n) is 5.08. The zero-order valence-electron chi connectivity index (χ0n) is 11.9. The Hall–Kier alpha value is -0.860. The highest BCUT2D eigenvalue weighted by atomic mass is 16.3. The van der Waals surface area contributed by atoms with E-state index in [9.17, 15) is 5.11 Å². The van der Waals surface area contributed by atoms with E-state index in [1.807, 2.05) is 0 Å². The maximum Gasteiger partial charge on any atom is 0.0728 e. The van der Waals surface area contributed by atoms with Crippen molar-refractivity contribution in [2.75, 3.05) is 13.1 Å². The number of fused-ring (bicyclic) bond motifs is 1. The van der Waals surface area contributed by atoms with Crippen LogP contribution in [0.1, 0.15) is 56.1 Å². The zero-order chi connectivity index (χ0) is 13.3. The molecular formula is C17H25NO. The number of rotatable bonds is 2. The Morgan fingerprint density at radius 1 is 1.21 bits per heavy atom. The van der Waals surface area contributed by atoms with Crippen LogP contribution in [0.2, 0.25) is 0 Å². The van der Waals surface area contributed by atoms with Gasteiger partial charge >= 0.3 is 0 Å². The Kier molecular flexibility index (Phi) is 3.64. The van der Waals surface area contributed by atoms with Gasteiger partial charge in [-0.05, 0) is 30.5 Å². The molecule has 1 unspecified atom stereocenters.